The normalized spacial score (nSPS) is 22.5. The van der Waals surface area contributed by atoms with Crippen molar-refractivity contribution in [2.24, 2.45) is 5.41 Å². The van der Waals surface area contributed by atoms with Gasteiger partial charge in [0, 0.05) is 18.7 Å². The fourth-order valence-corrected chi connectivity index (χ4v) is 3.30. The first-order valence-corrected chi connectivity index (χ1v) is 7.91. The molecular formula is C17H20N2O4. The number of hydrogen-bond acceptors (Lipinski definition) is 3. The van der Waals surface area contributed by atoms with E-state index in [1.807, 2.05) is 30.3 Å². The molecule has 0 aromatic heterocycles. The molecule has 1 unspecified atom stereocenters. The van der Waals surface area contributed by atoms with Crippen molar-refractivity contribution in [2.45, 2.75) is 38.1 Å². The number of amides is 2. The number of nitrogens with one attached hydrogen (secondary N) is 1. The molecule has 2 fully saturated rings. The number of hydrogen-bond donors (Lipinski definition) is 2. The highest BCUT2D eigenvalue weighted by atomic mass is 16.4. The second kappa shape index (κ2) is 6.02. The molecule has 1 heterocycles. The van der Waals surface area contributed by atoms with E-state index in [2.05, 4.69) is 5.32 Å². The van der Waals surface area contributed by atoms with E-state index < -0.39 is 17.4 Å². The number of carboxylic acid groups (broad SMARTS) is 1. The maximum absolute atomic E-state index is 12.4. The van der Waals surface area contributed by atoms with Crippen molar-refractivity contribution in [1.29, 1.82) is 0 Å². The smallest absolute Gasteiger partial charge is 0.310 e. The molecule has 1 saturated heterocycles. The minimum atomic E-state index is -0.926. The van der Waals surface area contributed by atoms with Crippen molar-refractivity contribution in [2.75, 3.05) is 11.4 Å². The van der Waals surface area contributed by atoms with E-state index in [-0.39, 0.29) is 18.2 Å². The number of carbonyl (C=O) groups is 3. The Morgan fingerprint density at radius 2 is 1.96 bits per heavy atom. The van der Waals surface area contributed by atoms with E-state index in [4.69, 9.17) is 0 Å². The van der Waals surface area contributed by atoms with Crippen LogP contribution in [0.2, 0.25) is 0 Å². The molecule has 3 rings (SSSR count). The highest BCUT2D eigenvalue weighted by Crippen LogP contribution is 2.44. The average Bonchev–Trinajstić information content (AvgIpc) is 2.84. The van der Waals surface area contributed by atoms with Crippen LogP contribution in [0.5, 0.6) is 0 Å². The standard InChI is InChI=1S/C17H20N2O4/c20-14(11-17(16(22)23)8-4-9-17)18-13-7-10-19(15(13)21)12-5-2-1-3-6-12/h1-3,5-6,13H,4,7-11H2,(H,18,20)(H,22,23). The number of carbonyl (C=O) groups excluding carboxylic acids is 2. The number of carboxylic acids is 1. The van der Waals surface area contributed by atoms with Gasteiger partial charge >= 0.3 is 5.97 Å². The maximum Gasteiger partial charge on any atom is 0.310 e. The summed E-state index contributed by atoms with van der Waals surface area (Å²) >= 11 is 0. The van der Waals surface area contributed by atoms with Crippen molar-refractivity contribution < 1.29 is 19.5 Å². The van der Waals surface area contributed by atoms with Gasteiger partial charge in [-0.2, -0.15) is 0 Å². The lowest BCUT2D eigenvalue weighted by Crippen LogP contribution is -2.46. The highest BCUT2D eigenvalue weighted by Gasteiger charge is 2.46. The molecule has 6 nitrogen and oxygen atoms in total. The molecule has 1 aromatic carbocycles. The number of para-hydroxylation sites is 1. The Kier molecular flexibility index (Phi) is 4.07. The first-order valence-electron chi connectivity index (χ1n) is 7.91. The Balaban J connectivity index is 1.60. The van der Waals surface area contributed by atoms with Crippen molar-refractivity contribution in [1.82, 2.24) is 5.32 Å². The van der Waals surface area contributed by atoms with Gasteiger partial charge in [-0.15, -0.1) is 0 Å². The van der Waals surface area contributed by atoms with Crippen LogP contribution in [0.25, 0.3) is 0 Å². The topological polar surface area (TPSA) is 86.7 Å². The third kappa shape index (κ3) is 2.93. The minimum absolute atomic E-state index is 0.0442. The molecule has 1 aromatic rings. The predicted octanol–water partition coefficient (Wildman–Crippen LogP) is 1.55. The van der Waals surface area contributed by atoms with Crippen LogP contribution in [0.15, 0.2) is 30.3 Å². The van der Waals surface area contributed by atoms with Gasteiger partial charge in [-0.3, -0.25) is 14.4 Å². The van der Waals surface area contributed by atoms with Gasteiger partial charge in [0.05, 0.1) is 5.41 Å². The first kappa shape index (κ1) is 15.5. The van der Waals surface area contributed by atoms with Crippen molar-refractivity contribution >= 4 is 23.5 Å². The molecule has 2 aliphatic rings. The molecule has 23 heavy (non-hydrogen) atoms. The molecule has 6 heteroatoms. The average molecular weight is 316 g/mol. The largest absolute Gasteiger partial charge is 0.481 e. The summed E-state index contributed by atoms with van der Waals surface area (Å²) in [4.78, 5) is 37.6. The summed E-state index contributed by atoms with van der Waals surface area (Å²) in [6.45, 7) is 0.553. The van der Waals surface area contributed by atoms with Gasteiger partial charge in [0.1, 0.15) is 6.04 Å². The zero-order valence-corrected chi connectivity index (χ0v) is 12.8. The lowest BCUT2D eigenvalue weighted by Gasteiger charge is -2.37. The molecule has 0 spiro atoms. The lowest BCUT2D eigenvalue weighted by molar-refractivity contribution is -0.157. The Bertz CT molecular complexity index is 625. The molecule has 2 amide bonds. The quantitative estimate of drug-likeness (QED) is 0.863. The first-order chi connectivity index (χ1) is 11.0. The minimum Gasteiger partial charge on any atom is -0.481 e. The zero-order chi connectivity index (χ0) is 16.4. The van der Waals surface area contributed by atoms with Crippen LogP contribution in [-0.4, -0.2) is 35.5 Å². The van der Waals surface area contributed by atoms with Crippen LogP contribution in [0.4, 0.5) is 5.69 Å². The highest BCUT2D eigenvalue weighted by molar-refractivity contribution is 6.01. The van der Waals surface area contributed by atoms with Gasteiger partial charge in [0.2, 0.25) is 11.8 Å². The van der Waals surface area contributed by atoms with Crippen molar-refractivity contribution in [3.63, 3.8) is 0 Å². The van der Waals surface area contributed by atoms with Gasteiger partial charge in [-0.1, -0.05) is 24.6 Å². The summed E-state index contributed by atoms with van der Waals surface area (Å²) in [6, 6.07) is 8.76. The molecule has 0 bridgehead atoms. The van der Waals surface area contributed by atoms with Crippen LogP contribution < -0.4 is 10.2 Å². The molecular weight excluding hydrogens is 296 g/mol. The summed E-state index contributed by atoms with van der Waals surface area (Å²) in [5, 5.41) is 12.0. The molecule has 1 aliphatic heterocycles. The van der Waals surface area contributed by atoms with E-state index >= 15 is 0 Å². The Hall–Kier alpha value is -2.37. The van der Waals surface area contributed by atoms with Crippen LogP contribution >= 0.6 is 0 Å². The van der Waals surface area contributed by atoms with Gasteiger partial charge in [0.25, 0.3) is 0 Å². The van der Waals surface area contributed by atoms with E-state index in [1.54, 1.807) is 4.90 Å². The number of anilines is 1. The molecule has 0 radical (unpaired) electrons. The molecule has 1 saturated carbocycles. The third-order valence-electron chi connectivity index (χ3n) is 4.87. The van der Waals surface area contributed by atoms with Crippen LogP contribution in [0, 0.1) is 5.41 Å². The van der Waals surface area contributed by atoms with Gasteiger partial charge in [0.15, 0.2) is 0 Å². The van der Waals surface area contributed by atoms with Crippen LogP contribution in [0.1, 0.15) is 32.1 Å². The molecule has 1 atom stereocenters. The second-order valence-corrected chi connectivity index (χ2v) is 6.35. The number of benzene rings is 1. The monoisotopic (exact) mass is 316 g/mol. The zero-order valence-electron chi connectivity index (χ0n) is 12.8. The number of aliphatic carboxylic acids is 1. The van der Waals surface area contributed by atoms with E-state index in [0.717, 1.165) is 12.1 Å². The lowest BCUT2D eigenvalue weighted by atomic mass is 9.66. The number of nitrogens with zero attached hydrogens (tertiary/aromatic N) is 1. The van der Waals surface area contributed by atoms with E-state index in [9.17, 15) is 19.5 Å². The fraction of sp³-hybridized carbons (Fsp3) is 0.471. The Morgan fingerprint density at radius 3 is 2.52 bits per heavy atom. The molecule has 2 N–H and O–H groups in total. The van der Waals surface area contributed by atoms with E-state index in [0.29, 0.717) is 25.8 Å². The summed E-state index contributed by atoms with van der Waals surface area (Å²) in [7, 11) is 0. The molecule has 1 aliphatic carbocycles. The summed E-state index contributed by atoms with van der Waals surface area (Å²) in [6.07, 6.45) is 2.40. The van der Waals surface area contributed by atoms with Crippen molar-refractivity contribution in [3.8, 4) is 0 Å². The summed E-state index contributed by atoms with van der Waals surface area (Å²) in [5.41, 5.74) is -0.111. The van der Waals surface area contributed by atoms with Gasteiger partial charge < -0.3 is 15.3 Å². The SMILES string of the molecule is O=C(CC1(C(=O)O)CCC1)NC1CCN(c2ccccc2)C1=O. The number of rotatable bonds is 5. The molecule has 122 valence electrons. The Morgan fingerprint density at radius 1 is 1.26 bits per heavy atom. The fourth-order valence-electron chi connectivity index (χ4n) is 3.30. The van der Waals surface area contributed by atoms with Gasteiger partial charge in [-0.25, -0.2) is 0 Å². The Labute approximate surface area is 134 Å². The van der Waals surface area contributed by atoms with Gasteiger partial charge in [-0.05, 0) is 31.4 Å². The third-order valence-corrected chi connectivity index (χ3v) is 4.87. The van der Waals surface area contributed by atoms with E-state index in [1.165, 1.54) is 0 Å². The second-order valence-electron chi connectivity index (χ2n) is 6.35. The van der Waals surface area contributed by atoms with Crippen molar-refractivity contribution in [3.05, 3.63) is 30.3 Å². The summed E-state index contributed by atoms with van der Waals surface area (Å²) in [5.74, 6) is -1.40. The van der Waals surface area contributed by atoms with Crippen LogP contribution in [-0.2, 0) is 14.4 Å². The predicted molar refractivity (Wildman–Crippen MR) is 83.9 cm³/mol. The maximum atomic E-state index is 12.4. The van der Waals surface area contributed by atoms with Crippen LogP contribution in [0.3, 0.4) is 0 Å². The summed E-state index contributed by atoms with van der Waals surface area (Å²) < 4.78 is 0.